The molecule has 0 fully saturated rings. The van der Waals surface area contributed by atoms with Crippen molar-refractivity contribution in [2.75, 3.05) is 0 Å². The smallest absolute Gasteiger partial charge is 0.188 e. The lowest BCUT2D eigenvalue weighted by atomic mass is 10.1. The van der Waals surface area contributed by atoms with E-state index in [1.165, 1.54) is 23.9 Å². The topological polar surface area (TPSA) is 49.6 Å². The zero-order chi connectivity index (χ0) is 13.0. The van der Waals surface area contributed by atoms with E-state index in [2.05, 4.69) is 9.97 Å². The Morgan fingerprint density at radius 3 is 2.94 bits per heavy atom. The van der Waals surface area contributed by atoms with Crippen LogP contribution in [0.5, 0.6) is 0 Å². The molecule has 0 spiro atoms. The van der Waals surface area contributed by atoms with E-state index in [4.69, 9.17) is 5.26 Å². The molecule has 0 atom stereocenters. The van der Waals surface area contributed by atoms with Gasteiger partial charge in [0.1, 0.15) is 5.82 Å². The van der Waals surface area contributed by atoms with Crippen LogP contribution in [0.2, 0.25) is 0 Å². The normalized spacial score (nSPS) is 10.1. The molecule has 3 nitrogen and oxygen atoms in total. The lowest BCUT2D eigenvalue weighted by Gasteiger charge is -2.02. The fourth-order valence-corrected chi connectivity index (χ4v) is 2.25. The molecule has 0 N–H and O–H groups in total. The summed E-state index contributed by atoms with van der Waals surface area (Å²) in [7, 11) is 0. The van der Waals surface area contributed by atoms with Crippen molar-refractivity contribution in [3.8, 4) is 6.07 Å². The molecular weight excluding hydrogens is 249 g/mol. The maximum Gasteiger partial charge on any atom is 0.188 e. The maximum atomic E-state index is 13.2. The van der Waals surface area contributed by atoms with E-state index < -0.39 is 5.82 Å². The zero-order valence-electron chi connectivity index (χ0n) is 9.72. The second kappa shape index (κ2) is 5.61. The van der Waals surface area contributed by atoms with Crippen molar-refractivity contribution in [3.05, 3.63) is 53.1 Å². The molecule has 0 unspecified atom stereocenters. The number of nitriles is 1. The molecule has 1 aromatic heterocycles. The first-order valence-corrected chi connectivity index (χ1v) is 6.28. The van der Waals surface area contributed by atoms with Crippen LogP contribution in [0, 0.1) is 24.1 Å². The van der Waals surface area contributed by atoms with Crippen LogP contribution in [-0.4, -0.2) is 9.97 Å². The summed E-state index contributed by atoms with van der Waals surface area (Å²) in [6, 6.07) is 8.07. The number of thioether (sulfide) groups is 1. The van der Waals surface area contributed by atoms with Crippen LogP contribution in [0.3, 0.4) is 0 Å². The molecule has 0 amide bonds. The monoisotopic (exact) mass is 259 g/mol. The van der Waals surface area contributed by atoms with Gasteiger partial charge in [-0.15, -0.1) is 0 Å². The lowest BCUT2D eigenvalue weighted by molar-refractivity contribution is 0.626. The molecular formula is C13H10FN3S. The van der Waals surface area contributed by atoms with Crippen molar-refractivity contribution in [1.82, 2.24) is 9.97 Å². The number of aromatic nitrogens is 2. The second-order valence-corrected chi connectivity index (χ2v) is 4.67. The molecule has 0 saturated heterocycles. The number of benzene rings is 1. The van der Waals surface area contributed by atoms with Gasteiger partial charge in [-0.3, -0.25) is 0 Å². The van der Waals surface area contributed by atoms with Gasteiger partial charge in [0.25, 0.3) is 0 Å². The highest BCUT2D eigenvalue weighted by atomic mass is 32.2. The third-order valence-electron chi connectivity index (χ3n) is 2.23. The fraction of sp³-hybridized carbons (Fsp3) is 0.154. The van der Waals surface area contributed by atoms with Gasteiger partial charge >= 0.3 is 0 Å². The Balaban J connectivity index is 2.11. The van der Waals surface area contributed by atoms with Crippen LogP contribution in [0.1, 0.15) is 16.8 Å². The van der Waals surface area contributed by atoms with Crippen LogP contribution in [0.4, 0.5) is 4.39 Å². The Hall–Kier alpha value is -1.93. The van der Waals surface area contributed by atoms with Gasteiger partial charge in [0, 0.05) is 17.6 Å². The van der Waals surface area contributed by atoms with E-state index in [1.54, 1.807) is 12.3 Å². The molecule has 1 heterocycles. The van der Waals surface area contributed by atoms with Gasteiger partial charge < -0.3 is 0 Å². The molecule has 18 heavy (non-hydrogen) atoms. The largest absolute Gasteiger partial charge is 0.231 e. The highest BCUT2D eigenvalue weighted by Gasteiger charge is 2.03. The van der Waals surface area contributed by atoms with Gasteiger partial charge in [0.15, 0.2) is 5.16 Å². The first-order chi connectivity index (χ1) is 8.67. The van der Waals surface area contributed by atoms with Gasteiger partial charge in [-0.05, 0) is 36.8 Å². The van der Waals surface area contributed by atoms with E-state index in [9.17, 15) is 4.39 Å². The minimum atomic E-state index is -0.394. The van der Waals surface area contributed by atoms with E-state index in [1.807, 2.05) is 19.1 Å². The van der Waals surface area contributed by atoms with Crippen LogP contribution >= 0.6 is 11.8 Å². The zero-order valence-corrected chi connectivity index (χ0v) is 10.5. The molecule has 0 radical (unpaired) electrons. The van der Waals surface area contributed by atoms with Crippen molar-refractivity contribution < 1.29 is 4.39 Å². The fourth-order valence-electron chi connectivity index (χ4n) is 1.44. The van der Waals surface area contributed by atoms with E-state index >= 15 is 0 Å². The van der Waals surface area contributed by atoms with Crippen LogP contribution in [0.15, 0.2) is 35.6 Å². The standard InChI is InChI=1S/C13H10FN3S/c1-9-2-3-16-13(17-9)18-8-11-4-10(7-15)5-12(14)6-11/h2-6H,8H2,1H3. The minimum absolute atomic E-state index is 0.329. The Morgan fingerprint density at radius 2 is 2.22 bits per heavy atom. The number of aryl methyl sites for hydroxylation is 1. The summed E-state index contributed by atoms with van der Waals surface area (Å²) >= 11 is 1.42. The van der Waals surface area contributed by atoms with Crippen molar-refractivity contribution in [2.24, 2.45) is 0 Å². The molecule has 1 aromatic carbocycles. The highest BCUT2D eigenvalue weighted by molar-refractivity contribution is 7.98. The summed E-state index contributed by atoms with van der Waals surface area (Å²) in [5, 5.41) is 9.41. The molecule has 0 aliphatic heterocycles. The Kier molecular flexibility index (Phi) is 3.90. The molecule has 0 saturated carbocycles. The Bertz CT molecular complexity index is 607. The molecule has 0 aliphatic rings. The van der Waals surface area contributed by atoms with E-state index in [0.29, 0.717) is 16.5 Å². The summed E-state index contributed by atoms with van der Waals surface area (Å²) in [6.07, 6.45) is 1.69. The maximum absolute atomic E-state index is 13.2. The van der Waals surface area contributed by atoms with Gasteiger partial charge in [0.2, 0.25) is 0 Å². The third kappa shape index (κ3) is 3.28. The molecule has 2 rings (SSSR count). The molecule has 0 bridgehead atoms. The Labute approximate surface area is 109 Å². The highest BCUT2D eigenvalue weighted by Crippen LogP contribution is 2.20. The summed E-state index contributed by atoms with van der Waals surface area (Å²) in [4.78, 5) is 8.36. The van der Waals surface area contributed by atoms with E-state index in [-0.39, 0.29) is 0 Å². The lowest BCUT2D eigenvalue weighted by Crippen LogP contribution is -1.91. The van der Waals surface area contributed by atoms with Crippen molar-refractivity contribution in [1.29, 1.82) is 5.26 Å². The summed E-state index contributed by atoms with van der Waals surface area (Å²) in [6.45, 7) is 1.89. The first kappa shape index (κ1) is 12.5. The second-order valence-electron chi connectivity index (χ2n) is 3.73. The summed E-state index contributed by atoms with van der Waals surface area (Å²) in [5.41, 5.74) is 1.97. The predicted octanol–water partition coefficient (Wildman–Crippen LogP) is 3.09. The minimum Gasteiger partial charge on any atom is -0.231 e. The van der Waals surface area contributed by atoms with Gasteiger partial charge in [-0.2, -0.15) is 5.26 Å². The third-order valence-corrected chi connectivity index (χ3v) is 3.16. The average molecular weight is 259 g/mol. The van der Waals surface area contributed by atoms with Crippen LogP contribution in [0.25, 0.3) is 0 Å². The first-order valence-electron chi connectivity index (χ1n) is 5.29. The van der Waals surface area contributed by atoms with Crippen LogP contribution in [-0.2, 0) is 5.75 Å². The number of rotatable bonds is 3. The van der Waals surface area contributed by atoms with Crippen molar-refractivity contribution in [2.45, 2.75) is 17.8 Å². The summed E-state index contributed by atoms with van der Waals surface area (Å²) < 4.78 is 13.2. The van der Waals surface area contributed by atoms with Crippen LogP contribution < -0.4 is 0 Å². The molecule has 2 aromatic rings. The molecule has 90 valence electrons. The Morgan fingerprint density at radius 1 is 1.39 bits per heavy atom. The number of halogens is 1. The molecule has 5 heteroatoms. The molecule has 0 aliphatic carbocycles. The average Bonchev–Trinajstić information content (AvgIpc) is 2.36. The van der Waals surface area contributed by atoms with Gasteiger partial charge in [-0.1, -0.05) is 11.8 Å². The van der Waals surface area contributed by atoms with Crippen molar-refractivity contribution >= 4 is 11.8 Å². The SMILES string of the molecule is Cc1ccnc(SCc2cc(F)cc(C#N)c2)n1. The van der Waals surface area contributed by atoms with Gasteiger partial charge in [-0.25, -0.2) is 14.4 Å². The number of hydrogen-bond donors (Lipinski definition) is 0. The predicted molar refractivity (Wildman–Crippen MR) is 67.4 cm³/mol. The van der Waals surface area contributed by atoms with Crippen molar-refractivity contribution in [3.63, 3.8) is 0 Å². The summed E-state index contributed by atoms with van der Waals surface area (Å²) in [5.74, 6) is 0.144. The van der Waals surface area contributed by atoms with E-state index in [0.717, 1.165) is 11.3 Å². The number of hydrogen-bond acceptors (Lipinski definition) is 4. The quantitative estimate of drug-likeness (QED) is 0.628. The van der Waals surface area contributed by atoms with Gasteiger partial charge in [0.05, 0.1) is 11.6 Å². The number of nitrogens with zero attached hydrogens (tertiary/aromatic N) is 3.